The van der Waals surface area contributed by atoms with E-state index in [0.717, 1.165) is 12.0 Å². The smallest absolute Gasteiger partial charge is 0.335 e. The molecule has 5 saturated heterocycles. The fourth-order valence-corrected chi connectivity index (χ4v) is 17.6. The number of allylic oxidation sites excluding steroid dienone is 2. The lowest BCUT2D eigenvalue weighted by Crippen LogP contribution is -2.68. The van der Waals surface area contributed by atoms with Crippen molar-refractivity contribution < 1.29 is 139 Å². The zero-order valence-electron chi connectivity index (χ0n) is 50.2. The van der Waals surface area contributed by atoms with Crippen LogP contribution in [0.3, 0.4) is 0 Å². The lowest BCUT2D eigenvalue weighted by atomic mass is 9.33. The maximum absolute atomic E-state index is 15.2. The molecule has 0 amide bonds. The SMILES string of the molecule is CC1(C)CC[C@]2(C(=O)O[C@H]3O[C@H](CO[C@@H]4O[C@H](CO)[C@@H](O)[C@H](O)[C@H]4O)[C@@H](O)[C@H](O)[C@H]3O)CC[C@]3(C)C(=CC[C@@H]4[C@@]5(C)CC[C@H](O[C@H]6O[C@H](C(=O)O)[C@@H](O)[C@H](O[C@H]7OC[C@H](O)[C@H](O)[C@H]7O)[C@H]6O[C@H]6O[C@H](CO)[C@@H](O)[C@H](O)[C@H]6O)C(C)(C)[C@H]5CC[C@]43C)[C@H]2C1. The topological polar surface area (TPSA) is 450 Å². The number of carbonyl (C=O) groups excluding carboxylic acids is 1. The van der Waals surface area contributed by atoms with E-state index < -0.39 is 208 Å². The summed E-state index contributed by atoms with van der Waals surface area (Å²) in [6, 6.07) is 0. The van der Waals surface area contributed by atoms with E-state index in [9.17, 15) is 86.5 Å². The van der Waals surface area contributed by atoms with Gasteiger partial charge in [0.2, 0.25) is 6.29 Å². The van der Waals surface area contributed by atoms with Gasteiger partial charge in [-0.3, -0.25) is 4.79 Å². The minimum Gasteiger partial charge on any atom is -0.479 e. The lowest BCUT2D eigenvalue weighted by molar-refractivity contribution is -0.392. The average Bonchev–Trinajstić information content (AvgIpc) is 0.681. The minimum absolute atomic E-state index is 0.0473. The molecule has 0 unspecified atom stereocenters. The number of ether oxygens (including phenoxy) is 10. The number of esters is 1. The van der Waals surface area contributed by atoms with Crippen LogP contribution in [0.15, 0.2) is 11.6 Å². The standard InChI is InChI=1S/C59H94O28/c1-54(2)14-16-59(53(77)87-51-42(73)38(69)35(66)28(82-51)22-79-48-40(71)36(67)33(64)26(19-60)80-48)17-15-57(6)23(24(59)18-54)8-9-30-56(5)12-11-31(55(3,4)29(56)10-13-58(30,57)7)83-52-46(86-50-41(72)37(68)34(65)27(20-61)81-50)44(43(74)45(85-52)47(75)76)84-49-39(70)32(63)25(62)21-78-49/h8,24-46,48-52,60-74H,9-22H2,1-7H3,(H,75,76)/t24-,25+,26-,27-,28-,29-,30-,31+,32+,33-,34-,35-,36+,37+,38+,39-,40-,41-,42-,43+,44+,45+,46-,48-,49-,50-,51-,52+,56+,57-,58-,59+/m1/s1. The Bertz CT molecular complexity index is 2470. The number of aliphatic hydroxyl groups is 15. The van der Waals surface area contributed by atoms with Crippen LogP contribution in [-0.4, -0.2) is 274 Å². The van der Waals surface area contributed by atoms with Gasteiger partial charge in [-0.1, -0.05) is 60.1 Å². The molecule has 32 atom stereocenters. The summed E-state index contributed by atoms with van der Waals surface area (Å²) in [5, 5.41) is 171. The van der Waals surface area contributed by atoms with Gasteiger partial charge in [0.25, 0.3) is 0 Å². The highest BCUT2D eigenvalue weighted by atomic mass is 16.8. The summed E-state index contributed by atoms with van der Waals surface area (Å²) in [5.41, 5.74) is -1.95. The maximum Gasteiger partial charge on any atom is 0.335 e. The highest BCUT2D eigenvalue weighted by Crippen LogP contribution is 2.76. The maximum atomic E-state index is 15.2. The van der Waals surface area contributed by atoms with Crippen LogP contribution >= 0.6 is 0 Å². The van der Waals surface area contributed by atoms with E-state index in [4.69, 9.17) is 47.4 Å². The molecule has 0 bridgehead atoms. The Kier molecular flexibility index (Phi) is 19.3. The number of carboxylic acid groups (broad SMARTS) is 1. The van der Waals surface area contributed by atoms with Gasteiger partial charge in [-0.05, 0) is 109 Å². The van der Waals surface area contributed by atoms with Gasteiger partial charge in [0.1, 0.15) is 110 Å². The Morgan fingerprint density at radius 3 is 1.75 bits per heavy atom. The monoisotopic (exact) mass is 1250 g/mol. The van der Waals surface area contributed by atoms with Crippen LogP contribution in [-0.2, 0) is 57.0 Å². The van der Waals surface area contributed by atoms with Crippen LogP contribution in [0.25, 0.3) is 0 Å². The van der Waals surface area contributed by atoms with Gasteiger partial charge < -0.3 is 129 Å². The van der Waals surface area contributed by atoms with Crippen molar-refractivity contribution in [2.24, 2.45) is 50.2 Å². The van der Waals surface area contributed by atoms with Gasteiger partial charge in [0.05, 0.1) is 37.9 Å². The summed E-state index contributed by atoms with van der Waals surface area (Å²) in [4.78, 5) is 28.1. The van der Waals surface area contributed by atoms with Crippen molar-refractivity contribution in [3.63, 3.8) is 0 Å². The van der Waals surface area contributed by atoms with E-state index in [1.807, 2.05) is 0 Å². The highest BCUT2D eigenvalue weighted by Gasteiger charge is 2.71. The second-order valence-electron chi connectivity index (χ2n) is 28.7. The number of fused-ring (bicyclic) bond motifs is 7. The number of hydrogen-bond acceptors (Lipinski definition) is 27. The largest absolute Gasteiger partial charge is 0.479 e. The molecule has 5 aliphatic carbocycles. The van der Waals surface area contributed by atoms with Crippen LogP contribution in [0.2, 0.25) is 0 Å². The first kappa shape index (κ1) is 67.6. The van der Waals surface area contributed by atoms with E-state index in [0.29, 0.717) is 57.8 Å². The molecule has 0 spiro atoms. The second kappa shape index (κ2) is 24.9. The highest BCUT2D eigenvalue weighted by molar-refractivity contribution is 5.79. The first-order chi connectivity index (χ1) is 40.7. The van der Waals surface area contributed by atoms with Gasteiger partial charge in [-0.2, -0.15) is 0 Å². The Labute approximate surface area is 503 Å². The molecule has 5 aliphatic heterocycles. The minimum atomic E-state index is -2.11. The van der Waals surface area contributed by atoms with Crippen molar-refractivity contribution in [2.75, 3.05) is 26.4 Å². The Hall–Kier alpha value is -2.28. The number of carbonyl (C=O) groups is 2. The van der Waals surface area contributed by atoms with Crippen molar-refractivity contribution >= 4 is 11.9 Å². The van der Waals surface area contributed by atoms with Crippen molar-refractivity contribution in [2.45, 2.75) is 266 Å². The van der Waals surface area contributed by atoms with Crippen molar-refractivity contribution in [1.29, 1.82) is 0 Å². The molecule has 498 valence electrons. The third-order valence-corrected chi connectivity index (χ3v) is 23.1. The number of rotatable bonds is 14. The summed E-state index contributed by atoms with van der Waals surface area (Å²) in [5.74, 6) is -2.54. The molecule has 0 radical (unpaired) electrons. The van der Waals surface area contributed by atoms with E-state index >= 15 is 4.79 Å². The fourth-order valence-electron chi connectivity index (χ4n) is 17.6. The summed E-state index contributed by atoms with van der Waals surface area (Å²) < 4.78 is 59.7. The predicted molar refractivity (Wildman–Crippen MR) is 290 cm³/mol. The normalized spacial score (nSPS) is 53.1. The third-order valence-electron chi connectivity index (χ3n) is 23.1. The van der Waals surface area contributed by atoms with Crippen LogP contribution < -0.4 is 0 Å². The predicted octanol–water partition coefficient (Wildman–Crippen LogP) is -3.48. The summed E-state index contributed by atoms with van der Waals surface area (Å²) in [6.07, 6.45) is -35.0. The number of hydrogen-bond donors (Lipinski definition) is 16. The van der Waals surface area contributed by atoms with Crippen LogP contribution in [0.1, 0.15) is 113 Å². The Morgan fingerprint density at radius 2 is 1.11 bits per heavy atom. The lowest BCUT2D eigenvalue weighted by Gasteiger charge is -2.71. The van der Waals surface area contributed by atoms with E-state index in [2.05, 4.69) is 54.5 Å². The molecule has 10 rings (SSSR count). The molecule has 0 aromatic rings. The van der Waals surface area contributed by atoms with Crippen molar-refractivity contribution in [3.8, 4) is 0 Å². The summed E-state index contributed by atoms with van der Waals surface area (Å²) in [7, 11) is 0. The molecular weight excluding hydrogens is 1160 g/mol. The molecule has 28 heteroatoms. The molecule has 4 saturated carbocycles. The van der Waals surface area contributed by atoms with E-state index in [-0.39, 0.29) is 34.0 Å². The van der Waals surface area contributed by atoms with Crippen LogP contribution in [0.5, 0.6) is 0 Å². The zero-order valence-corrected chi connectivity index (χ0v) is 50.2. The summed E-state index contributed by atoms with van der Waals surface area (Å²) in [6.45, 7) is 12.8. The molecule has 16 N–H and O–H groups in total. The zero-order chi connectivity index (χ0) is 63.6. The molecule has 87 heavy (non-hydrogen) atoms. The fraction of sp³-hybridized carbons (Fsp3) is 0.932. The summed E-state index contributed by atoms with van der Waals surface area (Å²) >= 11 is 0. The molecule has 28 nitrogen and oxygen atoms in total. The number of carboxylic acids is 1. The molecular formula is C59H94O28. The van der Waals surface area contributed by atoms with Gasteiger partial charge in [0, 0.05) is 0 Å². The first-order valence-electron chi connectivity index (χ1n) is 30.7. The Morgan fingerprint density at radius 1 is 0.552 bits per heavy atom. The van der Waals surface area contributed by atoms with Crippen LogP contribution in [0.4, 0.5) is 0 Å². The number of aliphatic carboxylic acids is 1. The quantitative estimate of drug-likeness (QED) is 0.0456. The molecule has 9 fully saturated rings. The first-order valence-corrected chi connectivity index (χ1v) is 30.7. The van der Waals surface area contributed by atoms with Gasteiger partial charge in [0.15, 0.2) is 31.3 Å². The number of aliphatic hydroxyl groups excluding tert-OH is 15. The molecule has 10 aliphatic rings. The van der Waals surface area contributed by atoms with Crippen molar-refractivity contribution in [1.82, 2.24) is 0 Å². The third kappa shape index (κ3) is 11.5. The average molecular weight is 1250 g/mol. The Balaban J connectivity index is 0.894. The van der Waals surface area contributed by atoms with Crippen LogP contribution in [0, 0.1) is 50.2 Å². The van der Waals surface area contributed by atoms with Gasteiger partial charge in [-0.15, -0.1) is 0 Å². The van der Waals surface area contributed by atoms with Gasteiger partial charge in [-0.25, -0.2) is 4.79 Å². The van der Waals surface area contributed by atoms with Crippen molar-refractivity contribution in [3.05, 3.63) is 11.6 Å². The molecule has 0 aromatic heterocycles. The molecule has 0 aromatic carbocycles. The molecule has 5 heterocycles. The van der Waals surface area contributed by atoms with E-state index in [1.165, 1.54) is 0 Å². The van der Waals surface area contributed by atoms with E-state index in [1.54, 1.807) is 0 Å². The van der Waals surface area contributed by atoms with Gasteiger partial charge >= 0.3 is 11.9 Å². The second-order valence-corrected chi connectivity index (χ2v) is 28.7.